The first kappa shape index (κ1) is 18.1. The molecule has 0 aliphatic heterocycles. The van der Waals surface area contributed by atoms with Gasteiger partial charge in [0, 0.05) is 5.41 Å². The zero-order valence-electron chi connectivity index (χ0n) is 14.4. The highest BCUT2D eigenvalue weighted by Gasteiger charge is 2.44. The van der Waals surface area contributed by atoms with E-state index in [2.05, 4.69) is 0 Å². The molecule has 2 aromatic rings. The number of ether oxygens (including phenoxy) is 2. The van der Waals surface area contributed by atoms with E-state index in [4.69, 9.17) is 9.47 Å². The molecule has 0 unspecified atom stereocenters. The summed E-state index contributed by atoms with van der Waals surface area (Å²) in [5.74, 6) is 0. The van der Waals surface area contributed by atoms with E-state index in [-0.39, 0.29) is 5.41 Å². The summed E-state index contributed by atoms with van der Waals surface area (Å²) in [6, 6.07) is 20.0. The lowest BCUT2D eigenvalue weighted by atomic mass is 9.88. The second kappa shape index (κ2) is 8.59. The molecular weight excluding hydrogens is 316 g/mol. The van der Waals surface area contributed by atoms with Crippen LogP contribution in [0.2, 0.25) is 0 Å². The zero-order valence-corrected chi connectivity index (χ0v) is 14.4. The van der Waals surface area contributed by atoms with Gasteiger partial charge in [0.2, 0.25) is 0 Å². The molecule has 4 nitrogen and oxygen atoms in total. The minimum atomic E-state index is -0.708. The third kappa shape index (κ3) is 5.13. The van der Waals surface area contributed by atoms with Gasteiger partial charge in [-0.3, -0.25) is 0 Å². The predicted molar refractivity (Wildman–Crippen MR) is 95.9 cm³/mol. The van der Waals surface area contributed by atoms with Crippen molar-refractivity contribution in [3.05, 3.63) is 71.8 Å². The summed E-state index contributed by atoms with van der Waals surface area (Å²) in [5.41, 5.74) is 1.88. The Morgan fingerprint density at radius 2 is 1.12 bits per heavy atom. The van der Waals surface area contributed by atoms with Crippen LogP contribution in [0.4, 0.5) is 0 Å². The van der Waals surface area contributed by atoms with Crippen molar-refractivity contribution in [3.8, 4) is 0 Å². The Kier molecular flexibility index (Phi) is 6.21. The molecule has 1 aliphatic carbocycles. The van der Waals surface area contributed by atoms with Gasteiger partial charge in [-0.1, -0.05) is 60.7 Å². The molecule has 0 amide bonds. The molecule has 0 bridgehead atoms. The maximum atomic E-state index is 10.0. The van der Waals surface area contributed by atoms with Crippen LogP contribution in [0, 0.1) is 5.41 Å². The van der Waals surface area contributed by atoms with Crippen molar-refractivity contribution >= 4 is 0 Å². The largest absolute Gasteiger partial charge is 0.390 e. The van der Waals surface area contributed by atoms with Crippen molar-refractivity contribution in [2.75, 3.05) is 13.2 Å². The van der Waals surface area contributed by atoms with E-state index in [0.29, 0.717) is 39.3 Å². The molecule has 134 valence electrons. The minimum Gasteiger partial charge on any atom is -0.390 e. The Labute approximate surface area is 149 Å². The maximum Gasteiger partial charge on any atom is 0.0806 e. The fraction of sp³-hybridized carbons (Fsp3) is 0.429. The summed E-state index contributed by atoms with van der Waals surface area (Å²) in [6.45, 7) is 1.97. The van der Waals surface area contributed by atoms with Crippen molar-refractivity contribution in [2.45, 2.75) is 38.3 Å². The van der Waals surface area contributed by atoms with E-state index < -0.39 is 12.2 Å². The van der Waals surface area contributed by atoms with Crippen LogP contribution in [-0.4, -0.2) is 35.6 Å². The summed E-state index contributed by atoms with van der Waals surface area (Å²) in [4.78, 5) is 0. The number of aliphatic hydroxyl groups is 2. The van der Waals surface area contributed by atoms with Crippen LogP contribution in [0.15, 0.2) is 60.7 Å². The van der Waals surface area contributed by atoms with E-state index in [9.17, 15) is 10.2 Å². The zero-order chi connectivity index (χ0) is 17.5. The second-order valence-corrected chi connectivity index (χ2v) is 7.00. The smallest absolute Gasteiger partial charge is 0.0806 e. The highest BCUT2D eigenvalue weighted by Crippen LogP contribution is 2.39. The summed E-state index contributed by atoms with van der Waals surface area (Å²) in [7, 11) is 0. The number of rotatable bonds is 8. The molecule has 2 atom stereocenters. The summed E-state index contributed by atoms with van der Waals surface area (Å²) >= 11 is 0. The van der Waals surface area contributed by atoms with Gasteiger partial charge in [0.15, 0.2) is 0 Å². The molecule has 0 radical (unpaired) electrons. The molecule has 0 spiro atoms. The third-order valence-electron chi connectivity index (χ3n) is 4.77. The summed E-state index contributed by atoms with van der Waals surface area (Å²) < 4.78 is 11.8. The van der Waals surface area contributed by atoms with E-state index in [1.165, 1.54) is 0 Å². The van der Waals surface area contributed by atoms with Crippen molar-refractivity contribution < 1.29 is 19.7 Å². The molecular formula is C21H26O4. The standard InChI is InChI=1S/C21H26O4/c22-19-11-21(12-20(19)23,15-24-13-17-7-3-1-4-8-17)16-25-14-18-9-5-2-6-10-18/h1-10,19-20,22-23H,11-16H2/t19-,20-/m1/s1. The number of aliphatic hydroxyl groups excluding tert-OH is 2. The van der Waals surface area contributed by atoms with Crippen LogP contribution < -0.4 is 0 Å². The average Bonchev–Trinajstić information content (AvgIpc) is 2.91. The minimum absolute atomic E-state index is 0.345. The fourth-order valence-electron chi connectivity index (χ4n) is 3.44. The number of hydrogen-bond acceptors (Lipinski definition) is 4. The van der Waals surface area contributed by atoms with Gasteiger partial charge in [0.05, 0.1) is 38.6 Å². The highest BCUT2D eigenvalue weighted by atomic mass is 16.5. The predicted octanol–water partition coefficient (Wildman–Crippen LogP) is 2.92. The van der Waals surface area contributed by atoms with Crippen LogP contribution in [0.1, 0.15) is 24.0 Å². The maximum absolute atomic E-state index is 10.0. The molecule has 0 saturated heterocycles. The monoisotopic (exact) mass is 342 g/mol. The van der Waals surface area contributed by atoms with Crippen LogP contribution in [0.5, 0.6) is 0 Å². The van der Waals surface area contributed by atoms with E-state index in [1.807, 2.05) is 60.7 Å². The first-order chi connectivity index (χ1) is 12.2. The quantitative estimate of drug-likeness (QED) is 0.774. The average molecular weight is 342 g/mol. The van der Waals surface area contributed by atoms with Crippen molar-refractivity contribution in [3.63, 3.8) is 0 Å². The highest BCUT2D eigenvalue weighted by molar-refractivity contribution is 5.14. The molecule has 0 aromatic heterocycles. The van der Waals surface area contributed by atoms with Crippen LogP contribution in [0.25, 0.3) is 0 Å². The van der Waals surface area contributed by atoms with Gasteiger partial charge >= 0.3 is 0 Å². The van der Waals surface area contributed by atoms with E-state index >= 15 is 0 Å². The van der Waals surface area contributed by atoms with Crippen LogP contribution in [0.3, 0.4) is 0 Å². The lowest BCUT2D eigenvalue weighted by Gasteiger charge is -2.28. The summed E-state index contributed by atoms with van der Waals surface area (Å²) in [5, 5.41) is 20.0. The van der Waals surface area contributed by atoms with Gasteiger partial charge in [-0.15, -0.1) is 0 Å². The Morgan fingerprint density at radius 3 is 1.52 bits per heavy atom. The number of benzene rings is 2. The molecule has 0 heterocycles. The fourth-order valence-corrected chi connectivity index (χ4v) is 3.44. The molecule has 2 N–H and O–H groups in total. The van der Waals surface area contributed by atoms with E-state index in [1.54, 1.807) is 0 Å². The lowest BCUT2D eigenvalue weighted by molar-refractivity contribution is -0.0366. The van der Waals surface area contributed by atoms with Crippen molar-refractivity contribution in [2.24, 2.45) is 5.41 Å². The van der Waals surface area contributed by atoms with Crippen molar-refractivity contribution in [1.29, 1.82) is 0 Å². The number of hydrogen-bond donors (Lipinski definition) is 2. The molecule has 25 heavy (non-hydrogen) atoms. The Hall–Kier alpha value is -1.72. The normalized spacial score (nSPS) is 22.2. The van der Waals surface area contributed by atoms with Crippen LogP contribution in [-0.2, 0) is 22.7 Å². The van der Waals surface area contributed by atoms with Gasteiger partial charge in [0.25, 0.3) is 0 Å². The first-order valence-electron chi connectivity index (χ1n) is 8.76. The first-order valence-corrected chi connectivity index (χ1v) is 8.76. The van der Waals surface area contributed by atoms with Crippen molar-refractivity contribution in [1.82, 2.24) is 0 Å². The third-order valence-corrected chi connectivity index (χ3v) is 4.77. The molecule has 1 aliphatic rings. The topological polar surface area (TPSA) is 58.9 Å². The SMILES string of the molecule is O[C@@H]1CC(COCc2ccccc2)(COCc2ccccc2)C[C@H]1O. The second-order valence-electron chi connectivity index (χ2n) is 7.00. The summed E-state index contributed by atoms with van der Waals surface area (Å²) in [6.07, 6.45) is -0.420. The van der Waals surface area contributed by atoms with Gasteiger partial charge in [-0.2, -0.15) is 0 Å². The van der Waals surface area contributed by atoms with Gasteiger partial charge in [-0.05, 0) is 24.0 Å². The molecule has 2 aromatic carbocycles. The molecule has 4 heteroatoms. The van der Waals surface area contributed by atoms with Gasteiger partial charge < -0.3 is 19.7 Å². The molecule has 1 fully saturated rings. The van der Waals surface area contributed by atoms with Crippen LogP contribution >= 0.6 is 0 Å². The lowest BCUT2D eigenvalue weighted by Crippen LogP contribution is -2.30. The molecule has 1 saturated carbocycles. The Morgan fingerprint density at radius 1 is 0.720 bits per heavy atom. The van der Waals surface area contributed by atoms with Gasteiger partial charge in [0.1, 0.15) is 0 Å². The van der Waals surface area contributed by atoms with Gasteiger partial charge in [-0.25, -0.2) is 0 Å². The molecule has 3 rings (SSSR count). The van der Waals surface area contributed by atoms with E-state index in [0.717, 1.165) is 11.1 Å². The Balaban J connectivity index is 1.54. The Bertz CT molecular complexity index is 571.